The van der Waals surface area contributed by atoms with Crippen LogP contribution in [0.4, 0.5) is 0 Å². The zero-order chi connectivity index (χ0) is 13.9. The van der Waals surface area contributed by atoms with Crippen LogP contribution in [0, 0.1) is 20.8 Å². The molecule has 1 unspecified atom stereocenters. The van der Waals surface area contributed by atoms with E-state index in [0.29, 0.717) is 12.8 Å². The van der Waals surface area contributed by atoms with Crippen LogP contribution in [0.5, 0.6) is 5.75 Å². The molecule has 100 valence electrons. The average molecular weight is 249 g/mol. The molecule has 0 fully saturated rings. The summed E-state index contributed by atoms with van der Waals surface area (Å²) in [5, 5.41) is 0. The molecule has 0 spiro atoms. The third-order valence-electron chi connectivity index (χ3n) is 3.51. The van der Waals surface area contributed by atoms with E-state index < -0.39 is 0 Å². The van der Waals surface area contributed by atoms with Crippen LogP contribution in [-0.2, 0) is 4.79 Å². The molecule has 0 amide bonds. The second-order valence-electron chi connectivity index (χ2n) is 4.91. The number of Topliss-reactive ketones (excluding diaryl/α,β-unsaturated/α-hetero) is 1. The van der Waals surface area contributed by atoms with Crippen molar-refractivity contribution in [1.82, 2.24) is 0 Å². The monoisotopic (exact) mass is 249 g/mol. The number of carbonyl (C=O) groups excluding carboxylic acids is 1. The van der Waals surface area contributed by atoms with Crippen molar-refractivity contribution >= 4 is 5.78 Å². The topological polar surface area (TPSA) is 52.3 Å². The molecule has 1 atom stereocenters. The van der Waals surface area contributed by atoms with Crippen LogP contribution < -0.4 is 10.5 Å². The first-order valence-corrected chi connectivity index (χ1v) is 6.28. The highest BCUT2D eigenvalue weighted by Gasteiger charge is 2.16. The van der Waals surface area contributed by atoms with E-state index in [1.54, 1.807) is 14.0 Å². The lowest BCUT2D eigenvalue weighted by atomic mass is 9.90. The van der Waals surface area contributed by atoms with Crippen LogP contribution in [0.2, 0.25) is 0 Å². The number of nitrogens with two attached hydrogens (primary N) is 1. The minimum absolute atomic E-state index is 0.0847. The van der Waals surface area contributed by atoms with E-state index in [0.717, 1.165) is 22.4 Å². The highest BCUT2D eigenvalue weighted by Crippen LogP contribution is 2.31. The number of aryl methyl sites for hydroxylation is 1. The third kappa shape index (κ3) is 3.10. The van der Waals surface area contributed by atoms with Gasteiger partial charge in [0.05, 0.1) is 7.11 Å². The molecular formula is C15H23NO2. The maximum atomic E-state index is 11.0. The highest BCUT2D eigenvalue weighted by molar-refractivity contribution is 5.75. The molecular weight excluding hydrogens is 226 g/mol. The van der Waals surface area contributed by atoms with Gasteiger partial charge in [-0.15, -0.1) is 0 Å². The molecule has 0 saturated carbocycles. The zero-order valence-electron chi connectivity index (χ0n) is 12.0. The summed E-state index contributed by atoms with van der Waals surface area (Å²) in [5.41, 5.74) is 10.8. The van der Waals surface area contributed by atoms with E-state index in [1.165, 1.54) is 5.56 Å². The van der Waals surface area contributed by atoms with Gasteiger partial charge >= 0.3 is 0 Å². The van der Waals surface area contributed by atoms with Crippen molar-refractivity contribution in [3.05, 3.63) is 28.3 Å². The van der Waals surface area contributed by atoms with Crippen LogP contribution >= 0.6 is 0 Å². The number of ketones is 1. The van der Waals surface area contributed by atoms with E-state index in [2.05, 4.69) is 6.92 Å². The fourth-order valence-electron chi connectivity index (χ4n) is 2.35. The van der Waals surface area contributed by atoms with E-state index in [4.69, 9.17) is 10.5 Å². The first-order valence-electron chi connectivity index (χ1n) is 6.28. The Kier molecular flexibility index (Phi) is 4.91. The average Bonchev–Trinajstić information content (AvgIpc) is 2.31. The molecule has 0 heterocycles. The Labute approximate surface area is 109 Å². The Hall–Kier alpha value is -1.35. The van der Waals surface area contributed by atoms with Crippen LogP contribution in [0.1, 0.15) is 48.1 Å². The SMILES string of the molecule is COc1cc(C)c(C(N)CCC(C)=O)c(C)c1C. The molecule has 0 bridgehead atoms. The number of carbonyl (C=O) groups is 1. The molecule has 3 nitrogen and oxygen atoms in total. The largest absolute Gasteiger partial charge is 0.496 e. The summed E-state index contributed by atoms with van der Waals surface area (Å²) in [7, 11) is 1.68. The molecule has 0 radical (unpaired) electrons. The lowest BCUT2D eigenvalue weighted by Crippen LogP contribution is -2.15. The summed E-state index contributed by atoms with van der Waals surface area (Å²) in [5.74, 6) is 1.08. The Morgan fingerprint density at radius 2 is 1.94 bits per heavy atom. The summed E-state index contributed by atoms with van der Waals surface area (Å²) in [6.45, 7) is 7.74. The van der Waals surface area contributed by atoms with Gasteiger partial charge in [-0.3, -0.25) is 0 Å². The zero-order valence-corrected chi connectivity index (χ0v) is 12.0. The van der Waals surface area contributed by atoms with Crippen molar-refractivity contribution in [3.63, 3.8) is 0 Å². The summed E-state index contributed by atoms with van der Waals surface area (Å²) in [4.78, 5) is 11.0. The molecule has 0 aliphatic carbocycles. The van der Waals surface area contributed by atoms with Crippen molar-refractivity contribution < 1.29 is 9.53 Å². The number of ether oxygens (including phenoxy) is 1. The standard InChI is InChI=1S/C15H23NO2/c1-9-8-14(18-5)11(3)12(4)15(9)13(16)7-6-10(2)17/h8,13H,6-7,16H2,1-5H3. The van der Waals surface area contributed by atoms with E-state index in [9.17, 15) is 4.79 Å². The van der Waals surface area contributed by atoms with Gasteiger partial charge in [0.25, 0.3) is 0 Å². The molecule has 0 aromatic heterocycles. The summed E-state index contributed by atoms with van der Waals surface area (Å²) in [6, 6.07) is 1.93. The molecule has 1 rings (SSSR count). The lowest BCUT2D eigenvalue weighted by Gasteiger charge is -2.20. The fraction of sp³-hybridized carbons (Fsp3) is 0.533. The maximum absolute atomic E-state index is 11.0. The fourth-order valence-corrected chi connectivity index (χ4v) is 2.35. The first-order chi connectivity index (χ1) is 8.38. The summed E-state index contributed by atoms with van der Waals surface area (Å²) in [6.07, 6.45) is 1.23. The predicted molar refractivity (Wildman–Crippen MR) is 74.0 cm³/mol. The third-order valence-corrected chi connectivity index (χ3v) is 3.51. The quantitative estimate of drug-likeness (QED) is 0.872. The second kappa shape index (κ2) is 6.01. The van der Waals surface area contributed by atoms with Crippen LogP contribution in [-0.4, -0.2) is 12.9 Å². The molecule has 2 N–H and O–H groups in total. The molecule has 18 heavy (non-hydrogen) atoms. The van der Waals surface area contributed by atoms with Crippen molar-refractivity contribution in [3.8, 4) is 5.75 Å². The van der Waals surface area contributed by atoms with Gasteiger partial charge in [-0.1, -0.05) is 0 Å². The maximum Gasteiger partial charge on any atom is 0.129 e. The Bertz CT molecular complexity index is 452. The van der Waals surface area contributed by atoms with Gasteiger partial charge in [-0.05, 0) is 62.4 Å². The molecule has 1 aromatic carbocycles. The number of methoxy groups -OCH3 is 1. The van der Waals surface area contributed by atoms with E-state index in [1.807, 2.05) is 19.9 Å². The van der Waals surface area contributed by atoms with Crippen molar-refractivity contribution in [2.45, 2.75) is 46.6 Å². The van der Waals surface area contributed by atoms with E-state index >= 15 is 0 Å². The van der Waals surface area contributed by atoms with Gasteiger partial charge in [-0.2, -0.15) is 0 Å². The predicted octanol–water partition coefficient (Wildman–Crippen LogP) is 2.99. The normalized spacial score (nSPS) is 12.3. The molecule has 0 saturated heterocycles. The van der Waals surface area contributed by atoms with Gasteiger partial charge in [0.15, 0.2) is 0 Å². The van der Waals surface area contributed by atoms with Crippen molar-refractivity contribution in [2.24, 2.45) is 5.73 Å². The van der Waals surface area contributed by atoms with E-state index in [-0.39, 0.29) is 11.8 Å². The first kappa shape index (κ1) is 14.7. The molecule has 0 aliphatic rings. The Morgan fingerprint density at radius 1 is 1.33 bits per heavy atom. The van der Waals surface area contributed by atoms with Crippen LogP contribution in [0.25, 0.3) is 0 Å². The number of rotatable bonds is 5. The molecule has 0 aliphatic heterocycles. The summed E-state index contributed by atoms with van der Waals surface area (Å²) >= 11 is 0. The van der Waals surface area contributed by atoms with Gasteiger partial charge in [-0.25, -0.2) is 0 Å². The van der Waals surface area contributed by atoms with Gasteiger partial charge in [0.1, 0.15) is 11.5 Å². The van der Waals surface area contributed by atoms with Crippen LogP contribution in [0.3, 0.4) is 0 Å². The molecule has 3 heteroatoms. The van der Waals surface area contributed by atoms with Crippen molar-refractivity contribution in [1.29, 1.82) is 0 Å². The minimum atomic E-state index is -0.0847. The minimum Gasteiger partial charge on any atom is -0.496 e. The van der Waals surface area contributed by atoms with Crippen molar-refractivity contribution in [2.75, 3.05) is 7.11 Å². The van der Waals surface area contributed by atoms with Gasteiger partial charge in [0.2, 0.25) is 0 Å². The Balaban J connectivity index is 3.09. The van der Waals surface area contributed by atoms with Gasteiger partial charge in [0, 0.05) is 12.5 Å². The Morgan fingerprint density at radius 3 is 2.44 bits per heavy atom. The number of hydrogen-bond acceptors (Lipinski definition) is 3. The lowest BCUT2D eigenvalue weighted by molar-refractivity contribution is -0.117. The number of benzene rings is 1. The highest BCUT2D eigenvalue weighted by atomic mass is 16.5. The smallest absolute Gasteiger partial charge is 0.129 e. The second-order valence-corrected chi connectivity index (χ2v) is 4.91. The van der Waals surface area contributed by atoms with Gasteiger partial charge < -0.3 is 15.3 Å². The molecule has 1 aromatic rings. The number of hydrogen-bond donors (Lipinski definition) is 1. The summed E-state index contributed by atoms with van der Waals surface area (Å²) < 4.78 is 5.34. The van der Waals surface area contributed by atoms with Crippen LogP contribution in [0.15, 0.2) is 6.07 Å².